The van der Waals surface area contributed by atoms with E-state index in [1.807, 2.05) is 12.2 Å². The van der Waals surface area contributed by atoms with E-state index in [0.717, 1.165) is 19.3 Å². The Hall–Kier alpha value is -1.95. The molecule has 3 unspecified atom stereocenters. The lowest BCUT2D eigenvalue weighted by Crippen LogP contribution is -2.23. The molecule has 0 fully saturated rings. The second-order valence-corrected chi connectivity index (χ2v) is 6.18. The number of carboxylic acids is 1. The maximum atomic E-state index is 10.4. The van der Waals surface area contributed by atoms with Gasteiger partial charge in [0, 0.05) is 6.42 Å². The van der Waals surface area contributed by atoms with Gasteiger partial charge in [-0.25, -0.2) is 0 Å². The zero-order valence-electron chi connectivity index (χ0n) is 16.2. The van der Waals surface area contributed by atoms with Crippen molar-refractivity contribution >= 4 is 5.97 Å². The van der Waals surface area contributed by atoms with E-state index in [1.54, 1.807) is 12.2 Å². The molecule has 0 aromatic heterocycles. The first kappa shape index (κ1) is 25.1. The van der Waals surface area contributed by atoms with E-state index in [-0.39, 0.29) is 6.42 Å². The van der Waals surface area contributed by atoms with Gasteiger partial charge in [0.15, 0.2) is 0 Å². The Balaban J connectivity index is 3.99. The number of allylic oxidation sites excluding steroid dienone is 6. The van der Waals surface area contributed by atoms with Crippen LogP contribution in [-0.4, -0.2) is 44.7 Å². The van der Waals surface area contributed by atoms with Crippen LogP contribution in [0.2, 0.25) is 0 Å². The highest BCUT2D eigenvalue weighted by Gasteiger charge is 2.11. The summed E-state index contributed by atoms with van der Waals surface area (Å²) in [6.07, 6.45) is 19.5. The number of rotatable bonds is 15. The van der Waals surface area contributed by atoms with Crippen LogP contribution >= 0.6 is 0 Å². The fraction of sp³-hybridized carbons (Fsp3) is 0.500. The lowest BCUT2D eigenvalue weighted by molar-refractivity contribution is -0.136. The summed E-state index contributed by atoms with van der Waals surface area (Å²) in [4.78, 5) is 10.4. The molecule has 0 aromatic carbocycles. The van der Waals surface area contributed by atoms with Gasteiger partial charge in [-0.2, -0.15) is 0 Å². The second-order valence-electron chi connectivity index (χ2n) is 6.18. The molecule has 0 saturated heterocycles. The molecule has 0 spiro atoms. The fourth-order valence-corrected chi connectivity index (χ4v) is 2.09. The molecule has 0 rings (SSSR count). The highest BCUT2D eigenvalue weighted by molar-refractivity contribution is 5.66. The summed E-state index contributed by atoms with van der Waals surface area (Å²) in [5.41, 5.74) is 0. The summed E-state index contributed by atoms with van der Waals surface area (Å²) < 4.78 is 0. The molecule has 0 radical (unpaired) electrons. The summed E-state index contributed by atoms with van der Waals surface area (Å²) >= 11 is 0. The minimum Gasteiger partial charge on any atom is -0.481 e. The lowest BCUT2D eigenvalue weighted by atomic mass is 10.1. The minimum absolute atomic E-state index is 0.0621. The van der Waals surface area contributed by atoms with Gasteiger partial charge in [-0.05, 0) is 38.5 Å². The first-order valence-electron chi connectivity index (χ1n) is 9.51. The topological polar surface area (TPSA) is 98.0 Å². The molecule has 5 nitrogen and oxygen atoms in total. The number of aliphatic carboxylic acids is 1. The Bertz CT molecular complexity index is 517. The summed E-state index contributed by atoms with van der Waals surface area (Å²) in [7, 11) is 0. The number of carboxylic acid groups (broad SMARTS) is 1. The van der Waals surface area contributed by atoms with Crippen LogP contribution in [0.4, 0.5) is 0 Å². The molecule has 0 aromatic rings. The van der Waals surface area contributed by atoms with Gasteiger partial charge in [0.25, 0.3) is 0 Å². The number of carbonyl (C=O) groups is 1. The van der Waals surface area contributed by atoms with Crippen LogP contribution in [0.1, 0.15) is 51.9 Å². The van der Waals surface area contributed by atoms with E-state index in [9.17, 15) is 20.1 Å². The van der Waals surface area contributed by atoms with Crippen molar-refractivity contribution in [1.82, 2.24) is 0 Å². The van der Waals surface area contributed by atoms with E-state index in [4.69, 9.17) is 5.11 Å². The second kappa shape index (κ2) is 17.5. The van der Waals surface area contributed by atoms with Crippen molar-refractivity contribution in [2.24, 2.45) is 0 Å². The van der Waals surface area contributed by atoms with E-state index in [1.165, 1.54) is 12.2 Å². The fourth-order valence-electron chi connectivity index (χ4n) is 2.09. The Kier molecular flexibility index (Phi) is 16.2. The number of aliphatic hydroxyl groups excluding tert-OH is 3. The molecule has 5 heteroatoms. The zero-order valence-corrected chi connectivity index (χ0v) is 16.2. The smallest absolute Gasteiger partial charge is 0.303 e. The SMILES string of the molecule is CCC=CCC=CCC=CCC(O)C(O)C=CC(O)CC=CCCC(=O)O. The van der Waals surface area contributed by atoms with Gasteiger partial charge in [-0.1, -0.05) is 67.7 Å². The molecule has 0 aliphatic rings. The maximum Gasteiger partial charge on any atom is 0.303 e. The van der Waals surface area contributed by atoms with Crippen molar-refractivity contribution in [3.63, 3.8) is 0 Å². The summed E-state index contributed by atoms with van der Waals surface area (Å²) in [5.74, 6) is -0.855. The predicted molar refractivity (Wildman–Crippen MR) is 109 cm³/mol. The van der Waals surface area contributed by atoms with Gasteiger partial charge in [0.05, 0.1) is 18.3 Å². The Morgan fingerprint density at radius 1 is 0.815 bits per heavy atom. The third kappa shape index (κ3) is 17.2. The van der Waals surface area contributed by atoms with Crippen LogP contribution in [0.25, 0.3) is 0 Å². The van der Waals surface area contributed by atoms with Crippen LogP contribution in [-0.2, 0) is 4.79 Å². The van der Waals surface area contributed by atoms with E-state index < -0.39 is 24.3 Å². The van der Waals surface area contributed by atoms with Crippen molar-refractivity contribution in [3.8, 4) is 0 Å². The molecule has 0 aliphatic heterocycles. The standard InChI is InChI=1S/C22H34O5/c1-2-3-4-5-6-7-8-9-12-15-20(24)21(25)18-17-19(23)14-11-10-13-16-22(26)27/h3-4,6-7,9-12,17-21,23-25H,2,5,8,13-16H2,1H3,(H,26,27). The van der Waals surface area contributed by atoms with Gasteiger partial charge in [0.1, 0.15) is 0 Å². The molecule has 0 amide bonds. The van der Waals surface area contributed by atoms with Crippen LogP contribution < -0.4 is 0 Å². The lowest BCUT2D eigenvalue weighted by Gasteiger charge is -2.12. The number of hydrogen-bond donors (Lipinski definition) is 4. The molecule has 3 atom stereocenters. The first-order valence-corrected chi connectivity index (χ1v) is 9.51. The van der Waals surface area contributed by atoms with Crippen molar-refractivity contribution in [3.05, 3.63) is 60.8 Å². The molecule has 0 heterocycles. The molecule has 152 valence electrons. The summed E-state index contributed by atoms with van der Waals surface area (Å²) in [6, 6.07) is 0. The van der Waals surface area contributed by atoms with Crippen LogP contribution in [0, 0.1) is 0 Å². The molecule has 0 saturated carbocycles. The van der Waals surface area contributed by atoms with Gasteiger partial charge in [-0.15, -0.1) is 0 Å². The molecule has 0 aliphatic carbocycles. The summed E-state index contributed by atoms with van der Waals surface area (Å²) in [5, 5.41) is 38.0. The number of aliphatic hydroxyl groups is 3. The van der Waals surface area contributed by atoms with Crippen molar-refractivity contribution in [2.75, 3.05) is 0 Å². The van der Waals surface area contributed by atoms with Gasteiger partial charge in [-0.3, -0.25) is 4.79 Å². The van der Waals surface area contributed by atoms with E-state index in [0.29, 0.717) is 19.3 Å². The largest absolute Gasteiger partial charge is 0.481 e. The van der Waals surface area contributed by atoms with Gasteiger partial charge >= 0.3 is 5.97 Å². The molecular formula is C22H34O5. The average molecular weight is 379 g/mol. The monoisotopic (exact) mass is 378 g/mol. The van der Waals surface area contributed by atoms with Crippen molar-refractivity contribution in [2.45, 2.75) is 70.2 Å². The third-order valence-electron chi connectivity index (χ3n) is 3.65. The average Bonchev–Trinajstić information content (AvgIpc) is 2.64. The molecular weight excluding hydrogens is 344 g/mol. The predicted octanol–water partition coefficient (Wildman–Crippen LogP) is 3.69. The Morgan fingerprint density at radius 3 is 2.04 bits per heavy atom. The van der Waals surface area contributed by atoms with Crippen LogP contribution in [0.3, 0.4) is 0 Å². The quantitative estimate of drug-likeness (QED) is 0.326. The van der Waals surface area contributed by atoms with Gasteiger partial charge < -0.3 is 20.4 Å². The van der Waals surface area contributed by atoms with E-state index >= 15 is 0 Å². The molecule has 4 N–H and O–H groups in total. The van der Waals surface area contributed by atoms with Crippen molar-refractivity contribution < 1.29 is 25.2 Å². The highest BCUT2D eigenvalue weighted by atomic mass is 16.4. The first-order chi connectivity index (χ1) is 13.0. The maximum absolute atomic E-state index is 10.4. The number of hydrogen-bond acceptors (Lipinski definition) is 4. The summed E-state index contributed by atoms with van der Waals surface area (Å²) in [6.45, 7) is 2.10. The van der Waals surface area contributed by atoms with Crippen LogP contribution in [0.5, 0.6) is 0 Å². The van der Waals surface area contributed by atoms with E-state index in [2.05, 4.69) is 31.2 Å². The minimum atomic E-state index is -1.05. The highest BCUT2D eigenvalue weighted by Crippen LogP contribution is 2.05. The van der Waals surface area contributed by atoms with Gasteiger partial charge in [0.2, 0.25) is 0 Å². The normalized spacial score (nSPS) is 16.3. The van der Waals surface area contributed by atoms with Crippen molar-refractivity contribution in [1.29, 1.82) is 0 Å². The Labute approximate surface area is 162 Å². The zero-order chi connectivity index (χ0) is 20.3. The molecule has 0 bridgehead atoms. The molecule has 27 heavy (non-hydrogen) atoms. The van der Waals surface area contributed by atoms with Crippen LogP contribution in [0.15, 0.2) is 60.8 Å². The Morgan fingerprint density at radius 2 is 1.41 bits per heavy atom. The third-order valence-corrected chi connectivity index (χ3v) is 3.65.